The minimum Gasteiger partial charge on any atom is -0.377 e. The van der Waals surface area contributed by atoms with Crippen LogP contribution < -0.4 is 16.0 Å². The van der Waals surface area contributed by atoms with Crippen molar-refractivity contribution in [1.82, 2.24) is 60.0 Å². The molecule has 0 aromatic carbocycles. The van der Waals surface area contributed by atoms with Crippen molar-refractivity contribution in [2.45, 2.75) is 259 Å². The second kappa shape index (κ2) is 36.1. The number of likely N-dealkylation sites (N-methyl/N-ethyl adjacent to an activating group) is 7. The number of thioether (sulfide) groups is 1. The van der Waals surface area contributed by atoms with Gasteiger partial charge in [-0.2, -0.15) is 24.9 Å². The lowest BCUT2D eigenvalue weighted by molar-refractivity contribution is -0.184. The van der Waals surface area contributed by atoms with Gasteiger partial charge in [0.2, 0.25) is 70.9 Å². The van der Waals surface area contributed by atoms with E-state index in [1.54, 1.807) is 19.9 Å². The summed E-state index contributed by atoms with van der Waals surface area (Å²) in [6.07, 6.45) is 8.51. The van der Waals surface area contributed by atoms with Gasteiger partial charge in [-0.1, -0.05) is 58.1 Å². The largest absolute Gasteiger partial charge is 0.391 e. The molecule has 0 aromatic heterocycles. The van der Waals surface area contributed by atoms with Crippen molar-refractivity contribution in [1.29, 1.82) is 0 Å². The lowest BCUT2D eigenvalue weighted by Crippen LogP contribution is -2.68. The van der Waals surface area contributed by atoms with E-state index in [1.165, 1.54) is 90.7 Å². The zero-order valence-corrected chi connectivity index (χ0v) is 64.8. The summed E-state index contributed by atoms with van der Waals surface area (Å²) < 4.78 is 48.6. The van der Waals surface area contributed by atoms with Gasteiger partial charge >= 0.3 is 6.18 Å². The van der Waals surface area contributed by atoms with Gasteiger partial charge in [-0.25, -0.2) is 0 Å². The number of fused-ring (bicyclic) bond motifs is 4. The number of carbonyl (C=O) groups excluding carboxylic acids is 12. The second-order valence-corrected chi connectivity index (χ2v) is 33.8. The molecule has 12 amide bonds. The first kappa shape index (κ1) is 82.5. The Balaban J connectivity index is 1.09. The predicted molar refractivity (Wildman–Crippen MR) is 389 cm³/mol. The smallest absolute Gasteiger partial charge is 0.377 e. The number of ether oxygens (including phenoxy) is 1. The summed E-state index contributed by atoms with van der Waals surface area (Å²) in [4.78, 5) is 193. The van der Waals surface area contributed by atoms with Crippen molar-refractivity contribution in [2.75, 3.05) is 94.9 Å². The van der Waals surface area contributed by atoms with Crippen molar-refractivity contribution < 1.29 is 75.4 Å². The van der Waals surface area contributed by atoms with Crippen LogP contribution in [-0.2, 0) is 62.3 Å². The molecule has 588 valence electrons. The van der Waals surface area contributed by atoms with Gasteiger partial charge in [0.05, 0.1) is 31.5 Å². The number of nitrogens with zero attached hydrogens (tertiary/aromatic N) is 9. The summed E-state index contributed by atoms with van der Waals surface area (Å²) in [6, 6.07) is -9.93. The van der Waals surface area contributed by atoms with E-state index < -0.39 is 174 Å². The number of alkyl halides is 3. The van der Waals surface area contributed by atoms with Gasteiger partial charge in [0.1, 0.15) is 53.9 Å². The van der Waals surface area contributed by atoms with E-state index in [0.717, 1.165) is 66.9 Å². The average molecular weight is 1500 g/mol. The van der Waals surface area contributed by atoms with Gasteiger partial charge in [-0.15, -0.1) is 0 Å². The zero-order chi connectivity index (χ0) is 76.5. The van der Waals surface area contributed by atoms with Crippen LogP contribution in [0.5, 0.6) is 0 Å². The molecule has 4 heterocycles. The van der Waals surface area contributed by atoms with Gasteiger partial charge in [-0.05, 0) is 170 Å². The molecule has 3 N–H and O–H groups in total. The highest BCUT2D eigenvalue weighted by Crippen LogP contribution is 2.46. The average Bonchev–Trinajstić information content (AvgIpc) is 1.58. The molecule has 0 aromatic rings. The highest BCUT2D eigenvalue weighted by atomic mass is 32.2. The van der Waals surface area contributed by atoms with Crippen molar-refractivity contribution in [3.63, 3.8) is 0 Å². The Kier molecular flexibility index (Phi) is 28.4. The Morgan fingerprint density at radius 2 is 1.30 bits per heavy atom. The first-order valence-electron chi connectivity index (χ1n) is 39.0. The Morgan fingerprint density at radius 1 is 0.648 bits per heavy atom. The molecule has 8 fully saturated rings. The number of carbonyl (C=O) groups is 12. The Labute approximate surface area is 623 Å². The molecule has 3 unspecified atom stereocenters. The van der Waals surface area contributed by atoms with Crippen molar-refractivity contribution in [2.24, 2.45) is 41.4 Å². The molecule has 13 atom stereocenters. The SMILES string of the molecule is CCO[C@@H]1C[C@H]2C(=O)NC3(CCC3)C(=O)N(C)[C@@H](C3CCCC3)C(=O)N(C)[C@H](C(=O)N(C)C)CC(=O)N(C)[C@@H](CC3CC3)C(=O)N[C@@H]([C@@H](C)CC)C(=O)N(C)CC(=O)N(C)[C@H]3C/C=C\CCN(C3=O)[C@@H](CC3CCC(C(F)(F)F)CC3)C(=O)N(C)CC(=O)N[C@@H](CCC3CCC4SCCC4C3)C(=O)N2C1. The Hall–Kier alpha value is -6.52. The van der Waals surface area contributed by atoms with Crippen LogP contribution in [0.1, 0.15) is 188 Å². The first-order valence-corrected chi connectivity index (χ1v) is 40.1. The fourth-order valence-corrected chi connectivity index (χ4v) is 19.4. The molecule has 1 spiro atoms. The summed E-state index contributed by atoms with van der Waals surface area (Å²) in [5.74, 6) is -8.61. The second-order valence-electron chi connectivity index (χ2n) is 32.4. The van der Waals surface area contributed by atoms with Crippen molar-refractivity contribution in [3.05, 3.63) is 12.2 Å². The Morgan fingerprint density at radius 3 is 1.91 bits per heavy atom. The molecule has 4 aliphatic heterocycles. The van der Waals surface area contributed by atoms with Crippen LogP contribution in [0, 0.1) is 41.4 Å². The van der Waals surface area contributed by atoms with Crippen LogP contribution in [0.3, 0.4) is 0 Å². The minimum atomic E-state index is -4.43. The molecular weight excluding hydrogens is 1380 g/mol. The van der Waals surface area contributed by atoms with Gasteiger partial charge in [0.25, 0.3) is 0 Å². The summed E-state index contributed by atoms with van der Waals surface area (Å²) in [5.41, 5.74) is -1.52. The van der Waals surface area contributed by atoms with Crippen LogP contribution >= 0.6 is 11.8 Å². The third-order valence-electron chi connectivity index (χ3n) is 25.0. The standard InChI is InChI=1S/C76H119F3N12O13S/c1-12-46(3)64-72(101)85(7)45-63(94)86(8)55-22-15-14-18-36-90(71(55)100)59(40-49-25-29-52(30-26-49)76(77,78)79)70(99)84(6)44-61(92)80-54(31-27-47-28-32-60-51(38-47)33-37-105-60)68(97)91-43-53(104-13-2)41-57(91)67(96)82-75(34-19-35-75)74(103)89(11)65(50-20-16-17-21-50)73(102)88(10)58(69(98)83(4)5)42-62(93)87(9)56(66(95)81-64)39-48-23-24-48/h14-15,46-60,64-65H,12-13,16-45H2,1-11H3,(H,80,92)(H,81,95)(H,82,96)/b15-14-/t46-,47?,49?,51?,52?,53+,54-,55-,56-,57-,58-,59-,60?,64-,65-/m0/s1. The topological polar surface area (TPSA) is 279 Å². The van der Waals surface area contributed by atoms with Crippen molar-refractivity contribution in [3.8, 4) is 0 Å². The van der Waals surface area contributed by atoms with E-state index in [9.17, 15) is 41.9 Å². The number of rotatable bonds is 13. The molecule has 5 aliphatic carbocycles. The normalized spacial score (nSPS) is 32.8. The summed E-state index contributed by atoms with van der Waals surface area (Å²) in [5, 5.41) is 9.58. The number of hydrogen-bond acceptors (Lipinski definition) is 14. The van der Waals surface area contributed by atoms with Crippen LogP contribution in [0.15, 0.2) is 12.2 Å². The summed E-state index contributed by atoms with van der Waals surface area (Å²) in [6.45, 7) is 4.39. The van der Waals surface area contributed by atoms with E-state index in [4.69, 9.17) is 4.74 Å². The molecule has 9 rings (SSSR count). The monoisotopic (exact) mass is 1500 g/mol. The van der Waals surface area contributed by atoms with E-state index in [2.05, 4.69) is 16.0 Å². The molecular formula is C76H119F3N12O13S. The maximum Gasteiger partial charge on any atom is 0.391 e. The number of amides is 12. The molecule has 9 aliphatic rings. The maximum atomic E-state index is 15.7. The first-order chi connectivity index (χ1) is 49.8. The number of hydrogen-bond donors (Lipinski definition) is 3. The van der Waals surface area contributed by atoms with Crippen LogP contribution in [0.25, 0.3) is 0 Å². The van der Waals surface area contributed by atoms with E-state index in [1.807, 2.05) is 24.8 Å². The maximum absolute atomic E-state index is 15.7. The number of nitrogens with one attached hydrogen (secondary N) is 3. The highest BCUT2D eigenvalue weighted by molar-refractivity contribution is 8.00. The van der Waals surface area contributed by atoms with Gasteiger partial charge in [-0.3, -0.25) is 57.5 Å². The van der Waals surface area contributed by atoms with E-state index in [0.29, 0.717) is 43.3 Å². The third-order valence-corrected chi connectivity index (χ3v) is 26.6. The summed E-state index contributed by atoms with van der Waals surface area (Å²) in [7, 11) is 11.6. The van der Waals surface area contributed by atoms with Gasteiger partial charge in [0, 0.05) is 87.7 Å². The highest BCUT2D eigenvalue weighted by Gasteiger charge is 2.54. The third kappa shape index (κ3) is 19.9. The molecule has 105 heavy (non-hydrogen) atoms. The molecule has 29 heteroatoms. The molecule has 3 saturated heterocycles. The predicted octanol–water partition coefficient (Wildman–Crippen LogP) is 5.76. The lowest BCUT2D eigenvalue weighted by Gasteiger charge is -2.46. The molecule has 2 bridgehead atoms. The van der Waals surface area contributed by atoms with Gasteiger partial charge in [0.15, 0.2) is 0 Å². The van der Waals surface area contributed by atoms with Crippen molar-refractivity contribution >= 4 is 82.6 Å². The Bertz CT molecular complexity index is 3180. The quantitative estimate of drug-likeness (QED) is 0.185. The fourth-order valence-electron chi connectivity index (χ4n) is 17.8. The van der Waals surface area contributed by atoms with Crippen LogP contribution in [0.4, 0.5) is 13.2 Å². The van der Waals surface area contributed by atoms with Crippen LogP contribution in [0.2, 0.25) is 0 Å². The van der Waals surface area contributed by atoms with E-state index in [-0.39, 0.29) is 114 Å². The molecule has 0 radical (unpaired) electrons. The fraction of sp³-hybridized carbons (Fsp3) is 0.816. The molecule has 5 saturated carbocycles. The zero-order valence-electron chi connectivity index (χ0n) is 64.0. The number of halogens is 3. The summed E-state index contributed by atoms with van der Waals surface area (Å²) >= 11 is 1.99. The van der Waals surface area contributed by atoms with Crippen LogP contribution in [-0.4, -0.2) is 281 Å². The van der Waals surface area contributed by atoms with Gasteiger partial charge < -0.3 is 64.8 Å². The minimum absolute atomic E-state index is 0.0133. The van der Waals surface area contributed by atoms with E-state index >= 15 is 28.8 Å². The lowest BCUT2D eigenvalue weighted by atomic mass is 9.74. The molecule has 25 nitrogen and oxygen atoms in total.